The summed E-state index contributed by atoms with van der Waals surface area (Å²) in [4.78, 5) is 0. The van der Waals surface area contributed by atoms with Gasteiger partial charge in [0.05, 0.1) is 0 Å². The molecule has 0 radical (unpaired) electrons. The van der Waals surface area contributed by atoms with Crippen molar-refractivity contribution in [2.75, 3.05) is 5.32 Å². The van der Waals surface area contributed by atoms with Gasteiger partial charge in [-0.05, 0) is 65.1 Å². The lowest BCUT2D eigenvalue weighted by molar-refractivity contribution is 0.212. The minimum atomic E-state index is 0.613. The zero-order chi connectivity index (χ0) is 14.0. The molecule has 2 rings (SSSR count). The Labute approximate surface area is 126 Å². The van der Waals surface area contributed by atoms with E-state index in [1.165, 1.54) is 35.0 Å². The Morgan fingerprint density at radius 1 is 1.26 bits per heavy atom. The number of hydrogen-bond acceptors (Lipinski definition) is 1. The van der Waals surface area contributed by atoms with Crippen LogP contribution in [0.4, 0.5) is 5.69 Å². The second kappa shape index (κ2) is 6.30. The van der Waals surface area contributed by atoms with Gasteiger partial charge < -0.3 is 5.32 Å². The van der Waals surface area contributed by atoms with Crippen LogP contribution in [0.5, 0.6) is 0 Å². The Bertz CT molecular complexity index is 427. The normalized spacial score (nSPS) is 27.6. The van der Waals surface area contributed by atoms with Crippen molar-refractivity contribution >= 4 is 21.6 Å². The maximum absolute atomic E-state index is 3.80. The number of halogens is 1. The van der Waals surface area contributed by atoms with Crippen LogP contribution in [0.25, 0.3) is 0 Å². The lowest BCUT2D eigenvalue weighted by Gasteiger charge is -2.38. The molecule has 1 nitrogen and oxygen atoms in total. The molecule has 0 amide bonds. The van der Waals surface area contributed by atoms with E-state index in [9.17, 15) is 0 Å². The van der Waals surface area contributed by atoms with Crippen LogP contribution < -0.4 is 5.32 Å². The molecule has 0 aromatic heterocycles. The number of aryl methyl sites for hydroxylation is 1. The van der Waals surface area contributed by atoms with Crippen molar-refractivity contribution in [1.82, 2.24) is 0 Å². The fraction of sp³-hybridized carbons (Fsp3) is 0.647. The molecule has 2 heteroatoms. The summed E-state index contributed by atoms with van der Waals surface area (Å²) in [5.74, 6) is 2.40. The summed E-state index contributed by atoms with van der Waals surface area (Å²) in [5, 5.41) is 3.80. The maximum atomic E-state index is 3.80. The number of benzene rings is 1. The summed E-state index contributed by atoms with van der Waals surface area (Å²) in [6.45, 7) is 9.26. The molecule has 1 aromatic rings. The highest BCUT2D eigenvalue weighted by Gasteiger charge is 2.30. The molecule has 1 saturated carbocycles. The molecule has 0 bridgehead atoms. The molecular formula is C17H26BrN. The highest BCUT2D eigenvalue weighted by atomic mass is 79.9. The van der Waals surface area contributed by atoms with Crippen molar-refractivity contribution in [2.24, 2.45) is 17.8 Å². The van der Waals surface area contributed by atoms with Crippen molar-refractivity contribution in [2.45, 2.75) is 53.0 Å². The van der Waals surface area contributed by atoms with Crippen molar-refractivity contribution < 1.29 is 0 Å². The van der Waals surface area contributed by atoms with Gasteiger partial charge in [-0.2, -0.15) is 0 Å². The molecule has 3 atom stereocenters. The van der Waals surface area contributed by atoms with Gasteiger partial charge in [-0.3, -0.25) is 0 Å². The highest BCUT2D eigenvalue weighted by Crippen LogP contribution is 2.36. The van der Waals surface area contributed by atoms with E-state index < -0.39 is 0 Å². The van der Waals surface area contributed by atoms with Crippen molar-refractivity contribution in [1.29, 1.82) is 0 Å². The SMILES string of the molecule is Cc1cccc(NC2CC(C)CCC2C(C)C)c1Br. The first-order valence-corrected chi connectivity index (χ1v) is 8.30. The molecule has 0 spiro atoms. The molecule has 1 N–H and O–H groups in total. The lowest BCUT2D eigenvalue weighted by atomic mass is 9.74. The van der Waals surface area contributed by atoms with Gasteiger partial charge in [0, 0.05) is 16.2 Å². The molecule has 19 heavy (non-hydrogen) atoms. The first-order chi connectivity index (χ1) is 8.99. The molecule has 0 saturated heterocycles. The third-order valence-electron chi connectivity index (χ3n) is 4.55. The maximum Gasteiger partial charge on any atom is 0.0489 e. The van der Waals surface area contributed by atoms with Crippen LogP contribution in [0.2, 0.25) is 0 Å². The summed E-state index contributed by atoms with van der Waals surface area (Å²) >= 11 is 3.72. The zero-order valence-electron chi connectivity index (χ0n) is 12.5. The predicted octanol–water partition coefficient (Wildman–Crippen LogP) is 5.63. The van der Waals surface area contributed by atoms with E-state index in [2.05, 4.69) is 67.1 Å². The van der Waals surface area contributed by atoms with E-state index in [1.54, 1.807) is 0 Å². The summed E-state index contributed by atoms with van der Waals surface area (Å²) in [5.41, 5.74) is 2.56. The van der Waals surface area contributed by atoms with Crippen LogP contribution >= 0.6 is 15.9 Å². The second-order valence-electron chi connectivity index (χ2n) is 6.51. The van der Waals surface area contributed by atoms with Crippen LogP contribution in [0.15, 0.2) is 22.7 Å². The monoisotopic (exact) mass is 323 g/mol. The fourth-order valence-electron chi connectivity index (χ4n) is 3.33. The van der Waals surface area contributed by atoms with Crippen LogP contribution in [0, 0.1) is 24.7 Å². The smallest absolute Gasteiger partial charge is 0.0489 e. The van der Waals surface area contributed by atoms with Gasteiger partial charge in [0.2, 0.25) is 0 Å². The van der Waals surface area contributed by atoms with Gasteiger partial charge in [-0.25, -0.2) is 0 Å². The number of hydrogen-bond donors (Lipinski definition) is 1. The van der Waals surface area contributed by atoms with Gasteiger partial charge in [-0.1, -0.05) is 39.3 Å². The predicted molar refractivity (Wildman–Crippen MR) is 87.6 cm³/mol. The molecular weight excluding hydrogens is 298 g/mol. The largest absolute Gasteiger partial charge is 0.381 e. The quantitative estimate of drug-likeness (QED) is 0.760. The molecule has 0 aliphatic heterocycles. The minimum Gasteiger partial charge on any atom is -0.381 e. The minimum absolute atomic E-state index is 0.613. The van der Waals surface area contributed by atoms with Gasteiger partial charge >= 0.3 is 0 Å². The van der Waals surface area contributed by atoms with E-state index in [-0.39, 0.29) is 0 Å². The number of nitrogens with one attached hydrogen (secondary N) is 1. The van der Waals surface area contributed by atoms with E-state index in [0.717, 1.165) is 17.8 Å². The van der Waals surface area contributed by atoms with Gasteiger partial charge in [0.1, 0.15) is 0 Å². The molecule has 0 heterocycles. The molecule has 1 aliphatic carbocycles. The average molecular weight is 324 g/mol. The Balaban J connectivity index is 2.16. The second-order valence-corrected chi connectivity index (χ2v) is 7.31. The summed E-state index contributed by atoms with van der Waals surface area (Å²) in [7, 11) is 0. The summed E-state index contributed by atoms with van der Waals surface area (Å²) in [6.07, 6.45) is 4.04. The van der Waals surface area contributed by atoms with Crippen molar-refractivity contribution in [3.63, 3.8) is 0 Å². The Morgan fingerprint density at radius 2 is 2.00 bits per heavy atom. The third kappa shape index (κ3) is 3.53. The number of rotatable bonds is 3. The van der Waals surface area contributed by atoms with Crippen LogP contribution in [0.3, 0.4) is 0 Å². The zero-order valence-corrected chi connectivity index (χ0v) is 14.1. The summed E-state index contributed by atoms with van der Waals surface area (Å²) < 4.78 is 1.22. The van der Waals surface area contributed by atoms with Gasteiger partial charge in [-0.15, -0.1) is 0 Å². The van der Waals surface area contributed by atoms with Crippen LogP contribution in [-0.2, 0) is 0 Å². The Hall–Kier alpha value is -0.500. The van der Waals surface area contributed by atoms with E-state index >= 15 is 0 Å². The van der Waals surface area contributed by atoms with E-state index in [0.29, 0.717) is 6.04 Å². The van der Waals surface area contributed by atoms with Gasteiger partial charge in [0.25, 0.3) is 0 Å². The van der Waals surface area contributed by atoms with E-state index in [1.807, 2.05) is 0 Å². The molecule has 1 aliphatic rings. The topological polar surface area (TPSA) is 12.0 Å². The molecule has 3 unspecified atom stereocenters. The Morgan fingerprint density at radius 3 is 2.68 bits per heavy atom. The van der Waals surface area contributed by atoms with Crippen LogP contribution in [0.1, 0.15) is 45.6 Å². The van der Waals surface area contributed by atoms with Gasteiger partial charge in [0.15, 0.2) is 0 Å². The van der Waals surface area contributed by atoms with Crippen molar-refractivity contribution in [3.05, 3.63) is 28.2 Å². The molecule has 1 aromatic carbocycles. The van der Waals surface area contributed by atoms with Crippen molar-refractivity contribution in [3.8, 4) is 0 Å². The van der Waals surface area contributed by atoms with E-state index in [4.69, 9.17) is 0 Å². The van der Waals surface area contributed by atoms with Crippen LogP contribution in [-0.4, -0.2) is 6.04 Å². The Kier molecular flexibility index (Phi) is 4.94. The fourth-order valence-corrected chi connectivity index (χ4v) is 3.71. The highest BCUT2D eigenvalue weighted by molar-refractivity contribution is 9.10. The molecule has 1 fully saturated rings. The standard InChI is InChI=1S/C17H26BrN/c1-11(2)14-9-8-12(3)10-16(14)19-15-7-5-6-13(4)17(15)18/h5-7,11-12,14,16,19H,8-10H2,1-4H3. The summed E-state index contributed by atoms with van der Waals surface area (Å²) in [6, 6.07) is 7.09. The number of anilines is 1. The molecule has 106 valence electrons. The lowest BCUT2D eigenvalue weighted by Crippen LogP contribution is -2.37. The first kappa shape index (κ1) is 14.9. The average Bonchev–Trinajstić information content (AvgIpc) is 2.35. The third-order valence-corrected chi connectivity index (χ3v) is 5.61. The first-order valence-electron chi connectivity index (χ1n) is 7.50.